The summed E-state index contributed by atoms with van der Waals surface area (Å²) in [6, 6.07) is 5.02. The molecule has 0 bridgehead atoms. The Morgan fingerprint density at radius 3 is 2.57 bits per heavy atom. The standard InChI is InChI=1S/C22H39BN2O4.C9H8FNO2.C2H6.CH2O/c1-2-3-4-5-6-10-18-17-28-23(27)22(18)24-15-19-11-9-14-25(19)16-21(26)29-20-12-7-8-13-20;10-8-3-1-2-6-4-11(9(12)13)5-7(6)8;2*1-2/h5-6,18-20,22,24,27H,2-4,7-17H2,1H3;1-3H,4-5H2,(H,12,13);1-2H3;1H2/b6-5-;;;. The molecule has 1 aromatic rings. The monoisotopic (exact) mass is 647 g/mol. The van der Waals surface area contributed by atoms with Crippen LogP contribution in [-0.4, -0.2) is 90.2 Å². The molecule has 3 heterocycles. The van der Waals surface area contributed by atoms with Crippen LogP contribution in [0.5, 0.6) is 0 Å². The van der Waals surface area contributed by atoms with Crippen molar-refractivity contribution in [3.8, 4) is 0 Å². The van der Waals surface area contributed by atoms with Crippen LogP contribution in [0.4, 0.5) is 9.18 Å². The van der Waals surface area contributed by atoms with Gasteiger partial charge in [-0.05, 0) is 75.5 Å². The summed E-state index contributed by atoms with van der Waals surface area (Å²) < 4.78 is 24.3. The number of halogens is 1. The zero-order chi connectivity index (χ0) is 33.9. The van der Waals surface area contributed by atoms with Crippen molar-refractivity contribution in [2.45, 2.75) is 116 Å². The van der Waals surface area contributed by atoms with Gasteiger partial charge in [0.1, 0.15) is 18.7 Å². The molecule has 2 saturated heterocycles. The van der Waals surface area contributed by atoms with E-state index in [2.05, 4.69) is 29.3 Å². The van der Waals surface area contributed by atoms with Crippen LogP contribution in [0.3, 0.4) is 0 Å². The van der Waals surface area contributed by atoms with Gasteiger partial charge in [-0.15, -0.1) is 0 Å². The number of allylic oxidation sites excluding steroid dienone is 2. The molecule has 3 unspecified atom stereocenters. The van der Waals surface area contributed by atoms with Crippen molar-refractivity contribution in [1.82, 2.24) is 15.1 Å². The third-order valence-electron chi connectivity index (χ3n) is 8.84. The molecular formula is C34H55BFN3O7. The van der Waals surface area contributed by atoms with Gasteiger partial charge < -0.3 is 29.6 Å². The van der Waals surface area contributed by atoms with Crippen LogP contribution in [0.1, 0.15) is 96.1 Å². The van der Waals surface area contributed by atoms with Gasteiger partial charge >= 0.3 is 19.2 Å². The van der Waals surface area contributed by atoms with E-state index >= 15 is 0 Å². The first kappa shape index (κ1) is 39.4. The average Bonchev–Trinajstić information content (AvgIpc) is 3.88. The molecule has 0 spiro atoms. The average molecular weight is 648 g/mol. The number of likely N-dealkylation sites (tertiary alicyclic amines) is 1. The Kier molecular flexibility index (Phi) is 18.7. The lowest BCUT2D eigenvalue weighted by Gasteiger charge is -2.27. The highest BCUT2D eigenvalue weighted by molar-refractivity contribution is 6.45. The van der Waals surface area contributed by atoms with Gasteiger partial charge in [-0.2, -0.15) is 0 Å². The van der Waals surface area contributed by atoms with Gasteiger partial charge in [0, 0.05) is 37.2 Å². The maximum absolute atomic E-state index is 13.1. The predicted molar refractivity (Wildman–Crippen MR) is 178 cm³/mol. The molecule has 3 N–H and O–H groups in total. The van der Waals surface area contributed by atoms with E-state index in [9.17, 15) is 19.0 Å². The molecule has 0 radical (unpaired) electrons. The molecule has 1 aliphatic carbocycles. The quantitative estimate of drug-likeness (QED) is 0.126. The van der Waals surface area contributed by atoms with Crippen LogP contribution in [-0.2, 0) is 32.1 Å². The highest BCUT2D eigenvalue weighted by Gasteiger charge is 2.41. The smallest absolute Gasteiger partial charge is 0.465 e. The van der Waals surface area contributed by atoms with Crippen molar-refractivity contribution < 1.29 is 38.3 Å². The van der Waals surface area contributed by atoms with E-state index in [0.717, 1.165) is 57.2 Å². The van der Waals surface area contributed by atoms with Gasteiger partial charge in [0.15, 0.2) is 0 Å². The second-order valence-corrected chi connectivity index (χ2v) is 11.9. The zero-order valence-corrected chi connectivity index (χ0v) is 28.0. The number of unbranched alkanes of at least 4 members (excludes halogenated alkanes) is 2. The molecule has 46 heavy (non-hydrogen) atoms. The Balaban J connectivity index is 0.000000359. The highest BCUT2D eigenvalue weighted by Crippen LogP contribution is 2.25. The molecule has 1 amide bonds. The SMILES string of the molecule is C=O.CC.CCCC/C=C\CC1COB(O)C1NCC1CCCN1CC(=O)OC1CCCC1.O=C(O)N1Cc2cccc(F)c2C1. The number of benzene rings is 1. The molecule has 1 saturated carbocycles. The van der Waals surface area contributed by atoms with E-state index in [1.54, 1.807) is 12.1 Å². The lowest BCUT2D eigenvalue weighted by molar-refractivity contribution is -0.150. The van der Waals surface area contributed by atoms with Gasteiger partial charge in [-0.3, -0.25) is 14.6 Å². The van der Waals surface area contributed by atoms with Crippen LogP contribution in [0, 0.1) is 11.7 Å². The number of nitrogens with zero attached hydrogens (tertiary/aromatic N) is 2. The van der Waals surface area contributed by atoms with Crippen molar-refractivity contribution in [1.29, 1.82) is 0 Å². The maximum atomic E-state index is 13.1. The number of carbonyl (C=O) groups is 3. The largest absolute Gasteiger partial charge is 0.472 e. The molecule has 0 aromatic heterocycles. The number of hydrogen-bond acceptors (Lipinski definition) is 8. The Labute approximate surface area is 274 Å². The van der Waals surface area contributed by atoms with Gasteiger partial charge in [-0.1, -0.05) is 57.9 Å². The number of hydrogen-bond donors (Lipinski definition) is 3. The first-order valence-corrected chi connectivity index (χ1v) is 17.0. The second kappa shape index (κ2) is 21.9. The number of amides is 1. The van der Waals surface area contributed by atoms with Gasteiger partial charge in [0.05, 0.1) is 13.1 Å². The first-order chi connectivity index (χ1) is 22.4. The lowest BCUT2D eigenvalue weighted by Crippen LogP contribution is -2.49. The first-order valence-electron chi connectivity index (χ1n) is 17.0. The summed E-state index contributed by atoms with van der Waals surface area (Å²) in [5, 5.41) is 22.5. The van der Waals surface area contributed by atoms with Gasteiger partial charge in [0.25, 0.3) is 0 Å². The molecule has 3 fully saturated rings. The summed E-state index contributed by atoms with van der Waals surface area (Å²) in [6.07, 6.45) is 14.7. The van der Waals surface area contributed by atoms with Crippen LogP contribution in [0.25, 0.3) is 0 Å². The van der Waals surface area contributed by atoms with E-state index in [4.69, 9.17) is 19.3 Å². The summed E-state index contributed by atoms with van der Waals surface area (Å²) in [4.78, 5) is 34.3. The van der Waals surface area contributed by atoms with Crippen molar-refractivity contribution in [3.63, 3.8) is 0 Å². The number of carboxylic acid groups (broad SMARTS) is 1. The Bertz CT molecular complexity index is 1080. The van der Waals surface area contributed by atoms with E-state index in [0.29, 0.717) is 37.2 Å². The van der Waals surface area contributed by atoms with Crippen molar-refractivity contribution in [3.05, 3.63) is 47.3 Å². The van der Waals surface area contributed by atoms with Crippen LogP contribution in [0.2, 0.25) is 0 Å². The fourth-order valence-corrected chi connectivity index (χ4v) is 6.37. The molecule has 3 atom stereocenters. The summed E-state index contributed by atoms with van der Waals surface area (Å²) in [7, 11) is -0.744. The van der Waals surface area contributed by atoms with E-state index in [1.165, 1.54) is 36.6 Å². The summed E-state index contributed by atoms with van der Waals surface area (Å²) in [5.41, 5.74) is 1.27. The number of ether oxygens (including phenoxy) is 1. The van der Waals surface area contributed by atoms with Crippen molar-refractivity contribution in [2.75, 3.05) is 26.2 Å². The molecule has 258 valence electrons. The van der Waals surface area contributed by atoms with Gasteiger partial charge in [0.2, 0.25) is 0 Å². The third-order valence-corrected chi connectivity index (χ3v) is 8.84. The molecule has 12 heteroatoms. The fourth-order valence-electron chi connectivity index (χ4n) is 6.37. The van der Waals surface area contributed by atoms with Gasteiger partial charge in [-0.25, -0.2) is 9.18 Å². The lowest BCUT2D eigenvalue weighted by atomic mass is 9.74. The number of esters is 1. The molecule has 5 rings (SSSR count). The number of carbonyl (C=O) groups excluding carboxylic acids is 2. The topological polar surface area (TPSA) is 129 Å². The number of fused-ring (bicyclic) bond motifs is 1. The predicted octanol–water partition coefficient (Wildman–Crippen LogP) is 5.36. The van der Waals surface area contributed by atoms with E-state index in [1.807, 2.05) is 20.6 Å². The molecule has 10 nitrogen and oxygen atoms in total. The Hall–Kier alpha value is -2.80. The normalized spacial score (nSPS) is 22.4. The third kappa shape index (κ3) is 12.4. The summed E-state index contributed by atoms with van der Waals surface area (Å²) in [5.74, 6) is -0.145. The van der Waals surface area contributed by atoms with Crippen LogP contribution >= 0.6 is 0 Å². The fraction of sp³-hybridized carbons (Fsp3) is 0.676. The van der Waals surface area contributed by atoms with Crippen molar-refractivity contribution >= 4 is 26.0 Å². The molecule has 4 aliphatic rings. The van der Waals surface area contributed by atoms with E-state index in [-0.39, 0.29) is 30.4 Å². The zero-order valence-electron chi connectivity index (χ0n) is 28.0. The molecule has 3 aliphatic heterocycles. The molecule has 1 aromatic carbocycles. The Morgan fingerprint density at radius 2 is 1.89 bits per heavy atom. The maximum Gasteiger partial charge on any atom is 0.472 e. The Morgan fingerprint density at radius 1 is 1.15 bits per heavy atom. The van der Waals surface area contributed by atoms with Crippen LogP contribution < -0.4 is 5.32 Å². The summed E-state index contributed by atoms with van der Waals surface area (Å²) in [6.45, 7) is 11.4. The number of rotatable bonds is 11. The van der Waals surface area contributed by atoms with Crippen LogP contribution in [0.15, 0.2) is 30.4 Å². The number of nitrogens with one attached hydrogen (secondary N) is 1. The minimum Gasteiger partial charge on any atom is -0.465 e. The second-order valence-electron chi connectivity index (χ2n) is 11.9. The van der Waals surface area contributed by atoms with E-state index < -0.39 is 13.2 Å². The molecular weight excluding hydrogens is 592 g/mol. The van der Waals surface area contributed by atoms with Crippen molar-refractivity contribution in [2.24, 2.45) is 5.92 Å². The minimum absolute atomic E-state index is 0.0429. The summed E-state index contributed by atoms with van der Waals surface area (Å²) >= 11 is 0. The minimum atomic E-state index is -1.00. The highest BCUT2D eigenvalue weighted by atomic mass is 19.1.